The summed E-state index contributed by atoms with van der Waals surface area (Å²) in [7, 11) is 0. The van der Waals surface area contributed by atoms with E-state index in [-0.39, 0.29) is 18.9 Å². The van der Waals surface area contributed by atoms with Crippen LogP contribution in [0.4, 0.5) is 4.79 Å². The van der Waals surface area contributed by atoms with Gasteiger partial charge >= 0.3 is 12.1 Å². The van der Waals surface area contributed by atoms with Crippen LogP contribution < -0.4 is 10.6 Å². The lowest BCUT2D eigenvalue weighted by Gasteiger charge is -2.35. The minimum absolute atomic E-state index is 0.0611. The topological polar surface area (TPSA) is 114 Å². The van der Waals surface area contributed by atoms with Gasteiger partial charge in [0.15, 0.2) is 0 Å². The lowest BCUT2D eigenvalue weighted by Crippen LogP contribution is -2.55. The van der Waals surface area contributed by atoms with Crippen molar-refractivity contribution in [1.29, 1.82) is 0 Å². The number of hydrogen-bond acceptors (Lipinski definition) is 6. The van der Waals surface area contributed by atoms with Gasteiger partial charge in [0, 0.05) is 13.0 Å². The van der Waals surface area contributed by atoms with Gasteiger partial charge in [0.05, 0.1) is 0 Å². The first-order valence-electron chi connectivity index (χ1n) is 15.8. The predicted octanol–water partition coefficient (Wildman–Crippen LogP) is 6.28. The van der Waals surface area contributed by atoms with E-state index in [0.717, 1.165) is 11.1 Å². The number of amides is 3. The Morgan fingerprint density at radius 1 is 0.822 bits per heavy atom. The van der Waals surface area contributed by atoms with Crippen LogP contribution in [-0.2, 0) is 30.3 Å². The van der Waals surface area contributed by atoms with E-state index in [4.69, 9.17) is 9.47 Å². The fourth-order valence-electron chi connectivity index (χ4n) is 4.93. The highest BCUT2D eigenvalue weighted by Gasteiger charge is 2.38. The van der Waals surface area contributed by atoms with Crippen LogP contribution in [0.2, 0.25) is 0 Å². The van der Waals surface area contributed by atoms with E-state index < -0.39 is 53.2 Å². The minimum atomic E-state index is -1.08. The molecule has 0 saturated heterocycles. The molecule has 0 aliphatic rings. The average Bonchev–Trinajstić information content (AvgIpc) is 2.90. The van der Waals surface area contributed by atoms with Crippen molar-refractivity contribution in [3.63, 3.8) is 0 Å². The molecule has 2 rings (SSSR count). The van der Waals surface area contributed by atoms with Crippen LogP contribution in [0.5, 0.6) is 0 Å². The molecule has 2 aromatic rings. The van der Waals surface area contributed by atoms with E-state index >= 15 is 0 Å². The summed E-state index contributed by atoms with van der Waals surface area (Å²) in [6.07, 6.45) is 0.402. The predicted molar refractivity (Wildman–Crippen MR) is 176 cm³/mol. The number of aryl methyl sites for hydroxylation is 1. The molecule has 9 nitrogen and oxygen atoms in total. The number of rotatable bonds is 13. The van der Waals surface area contributed by atoms with Crippen LogP contribution in [0.1, 0.15) is 97.9 Å². The number of nitrogens with one attached hydrogen (secondary N) is 2. The number of hydrogen-bond donors (Lipinski definition) is 2. The summed E-state index contributed by atoms with van der Waals surface area (Å²) in [5.74, 6) is -1.43. The maximum Gasteiger partial charge on any atom is 0.408 e. The average molecular weight is 624 g/mol. The molecule has 2 N–H and O–H groups in total. The van der Waals surface area contributed by atoms with E-state index in [1.54, 1.807) is 47.6 Å². The molecule has 0 aromatic heterocycles. The second-order valence-corrected chi connectivity index (χ2v) is 14.0. The Morgan fingerprint density at radius 3 is 1.98 bits per heavy atom. The molecule has 3 unspecified atom stereocenters. The Bertz CT molecular complexity index is 1280. The number of esters is 1. The van der Waals surface area contributed by atoms with E-state index in [0.29, 0.717) is 18.4 Å². The Morgan fingerprint density at radius 2 is 1.44 bits per heavy atom. The van der Waals surface area contributed by atoms with Crippen LogP contribution in [-0.4, -0.2) is 58.6 Å². The van der Waals surface area contributed by atoms with Gasteiger partial charge in [-0.2, -0.15) is 0 Å². The number of benzene rings is 2. The van der Waals surface area contributed by atoms with Crippen molar-refractivity contribution in [2.24, 2.45) is 5.92 Å². The zero-order chi connectivity index (χ0) is 33.9. The Labute approximate surface area is 269 Å². The minimum Gasteiger partial charge on any atom is -0.458 e. The molecule has 0 fully saturated rings. The first kappa shape index (κ1) is 37.3. The Balaban J connectivity index is 2.57. The lowest BCUT2D eigenvalue weighted by molar-refractivity contribution is -0.159. The molecule has 0 aliphatic carbocycles. The molecule has 0 heterocycles. The summed E-state index contributed by atoms with van der Waals surface area (Å²) < 4.78 is 11.2. The summed E-state index contributed by atoms with van der Waals surface area (Å²) in [4.78, 5) is 56.5. The maximum absolute atomic E-state index is 14.4. The second kappa shape index (κ2) is 16.4. The second-order valence-electron chi connectivity index (χ2n) is 14.0. The number of carbonyl (C=O) groups excluding carboxylic acids is 4. The molecule has 3 atom stereocenters. The Kier molecular flexibility index (Phi) is 13.6. The largest absolute Gasteiger partial charge is 0.458 e. The van der Waals surface area contributed by atoms with Crippen molar-refractivity contribution in [2.45, 2.75) is 118 Å². The fourth-order valence-corrected chi connectivity index (χ4v) is 4.93. The Hall–Kier alpha value is -3.88. The highest BCUT2D eigenvalue weighted by molar-refractivity contribution is 5.94. The molecule has 0 aliphatic heterocycles. The quantitative estimate of drug-likeness (QED) is 0.254. The molecular formula is C36H53N3O6. The van der Waals surface area contributed by atoms with Crippen LogP contribution in [0.15, 0.2) is 54.6 Å². The van der Waals surface area contributed by atoms with Gasteiger partial charge in [-0.05, 0) is 78.4 Å². The zero-order valence-corrected chi connectivity index (χ0v) is 28.7. The fraction of sp³-hybridized carbons (Fsp3) is 0.556. The first-order chi connectivity index (χ1) is 20.9. The summed E-state index contributed by atoms with van der Waals surface area (Å²) in [5, 5.41) is 5.69. The van der Waals surface area contributed by atoms with Crippen molar-refractivity contribution < 1.29 is 28.7 Å². The zero-order valence-electron chi connectivity index (χ0n) is 28.7. The highest BCUT2D eigenvalue weighted by atomic mass is 16.6. The molecule has 0 radical (unpaired) electrons. The number of nitrogens with zero attached hydrogens (tertiary/aromatic N) is 1. The summed E-state index contributed by atoms with van der Waals surface area (Å²) in [6, 6.07) is 13.8. The van der Waals surface area contributed by atoms with Crippen molar-refractivity contribution in [3.05, 3.63) is 71.3 Å². The third-order valence-electron chi connectivity index (χ3n) is 6.65. The van der Waals surface area contributed by atoms with Gasteiger partial charge in [-0.3, -0.25) is 9.59 Å². The van der Waals surface area contributed by atoms with Crippen LogP contribution >= 0.6 is 0 Å². The van der Waals surface area contributed by atoms with Crippen molar-refractivity contribution in [1.82, 2.24) is 15.5 Å². The van der Waals surface area contributed by atoms with E-state index in [1.165, 1.54) is 4.90 Å². The van der Waals surface area contributed by atoms with Crippen LogP contribution in [0.25, 0.3) is 0 Å². The number of carbonyl (C=O) groups is 4. The van der Waals surface area contributed by atoms with Gasteiger partial charge in [0.1, 0.15) is 29.3 Å². The van der Waals surface area contributed by atoms with Crippen LogP contribution in [0, 0.1) is 12.8 Å². The normalized spacial score (nSPS) is 13.8. The van der Waals surface area contributed by atoms with E-state index in [1.807, 2.05) is 76.2 Å². The lowest BCUT2D eigenvalue weighted by atomic mass is 9.97. The molecule has 248 valence electrons. The van der Waals surface area contributed by atoms with E-state index in [9.17, 15) is 19.2 Å². The number of alkyl carbamates (subject to hydrolysis) is 1. The van der Waals surface area contributed by atoms with Gasteiger partial charge < -0.3 is 25.0 Å². The van der Waals surface area contributed by atoms with Gasteiger partial charge in [-0.1, -0.05) is 80.9 Å². The van der Waals surface area contributed by atoms with Crippen molar-refractivity contribution in [3.8, 4) is 0 Å². The van der Waals surface area contributed by atoms with E-state index in [2.05, 4.69) is 10.6 Å². The van der Waals surface area contributed by atoms with Gasteiger partial charge in [0.25, 0.3) is 0 Å². The third kappa shape index (κ3) is 12.9. The first-order valence-corrected chi connectivity index (χ1v) is 15.8. The molecule has 45 heavy (non-hydrogen) atoms. The summed E-state index contributed by atoms with van der Waals surface area (Å²) in [5.41, 5.74) is 0.831. The molecular weight excluding hydrogens is 570 g/mol. The SMILES string of the molecule is CCCN(C(=O)C(CC(C)C)NC(=O)OC(C)(C)C)C(C(=O)NC(Cc1ccccc1)C(=O)OC(C)(C)C)c1cccc(C)c1. The molecule has 9 heteroatoms. The maximum atomic E-state index is 14.4. The molecule has 0 spiro atoms. The van der Waals surface area contributed by atoms with Crippen LogP contribution in [0.3, 0.4) is 0 Å². The molecule has 0 saturated carbocycles. The van der Waals surface area contributed by atoms with Crippen molar-refractivity contribution in [2.75, 3.05) is 6.54 Å². The monoisotopic (exact) mass is 623 g/mol. The van der Waals surface area contributed by atoms with Crippen molar-refractivity contribution >= 4 is 23.9 Å². The molecule has 2 aromatic carbocycles. The highest BCUT2D eigenvalue weighted by Crippen LogP contribution is 2.26. The molecule has 0 bridgehead atoms. The third-order valence-corrected chi connectivity index (χ3v) is 6.65. The summed E-state index contributed by atoms with van der Waals surface area (Å²) >= 11 is 0. The smallest absolute Gasteiger partial charge is 0.408 e. The standard InChI is InChI=1S/C36H53N3O6/c1-11-20-39(32(41)28(21-24(2)3)38-34(43)45-36(8,9)10)30(27-19-15-16-25(4)22-27)31(40)37-29(33(42)44-35(5,6)7)23-26-17-13-12-14-18-26/h12-19,22,24,28-30H,11,20-21,23H2,1-10H3,(H,37,40)(H,38,43). The van der Waals surface area contributed by atoms with Gasteiger partial charge in [0.2, 0.25) is 11.8 Å². The number of ether oxygens (including phenoxy) is 2. The summed E-state index contributed by atoms with van der Waals surface area (Å²) in [6.45, 7) is 18.6. The molecule has 3 amide bonds. The van der Waals surface area contributed by atoms with Gasteiger partial charge in [-0.15, -0.1) is 0 Å². The van der Waals surface area contributed by atoms with Gasteiger partial charge in [-0.25, -0.2) is 9.59 Å².